The van der Waals surface area contributed by atoms with E-state index in [1.54, 1.807) is 0 Å². The largest absolute Gasteiger partial charge is 0.494 e. The lowest BCUT2D eigenvalue weighted by molar-refractivity contribution is 0.00578. The van der Waals surface area contributed by atoms with Crippen molar-refractivity contribution in [1.82, 2.24) is 0 Å². The lowest BCUT2D eigenvalue weighted by Crippen LogP contribution is -2.41. The van der Waals surface area contributed by atoms with Gasteiger partial charge in [-0.25, -0.2) is 0 Å². The van der Waals surface area contributed by atoms with Crippen molar-refractivity contribution in [2.75, 3.05) is 11.5 Å². The molecular formula is C24H27BN2O2. The summed E-state index contributed by atoms with van der Waals surface area (Å²) in [7, 11) is -0.429. The van der Waals surface area contributed by atoms with Crippen LogP contribution in [0.2, 0.25) is 0 Å². The molecule has 0 bridgehead atoms. The molecule has 1 saturated heterocycles. The van der Waals surface area contributed by atoms with Crippen molar-refractivity contribution in [3.63, 3.8) is 0 Å². The Hall–Kier alpha value is -2.76. The standard InChI is InChI=1S/C24H27BN2O2/c1-23(2)24(3,4)29-25(28-23)20-14-18(16-5-9-21(26)10-6-16)13-19(15-20)17-7-11-22(27)12-8-17/h5-15H,26-27H2,1-4H3. The Balaban J connectivity index is 1.82. The first kappa shape index (κ1) is 19.6. The fourth-order valence-corrected chi connectivity index (χ4v) is 3.45. The summed E-state index contributed by atoms with van der Waals surface area (Å²) >= 11 is 0. The van der Waals surface area contributed by atoms with E-state index in [9.17, 15) is 0 Å². The average molecular weight is 386 g/mol. The Morgan fingerprint density at radius 3 is 1.34 bits per heavy atom. The van der Waals surface area contributed by atoms with Gasteiger partial charge in [0.25, 0.3) is 0 Å². The van der Waals surface area contributed by atoms with Gasteiger partial charge < -0.3 is 20.8 Å². The fraction of sp³-hybridized carbons (Fsp3) is 0.250. The van der Waals surface area contributed by atoms with E-state index in [-0.39, 0.29) is 0 Å². The number of hydrogen-bond acceptors (Lipinski definition) is 4. The van der Waals surface area contributed by atoms with Gasteiger partial charge in [-0.05, 0) is 85.7 Å². The normalized spacial score (nSPS) is 17.4. The van der Waals surface area contributed by atoms with Gasteiger partial charge in [0.2, 0.25) is 0 Å². The van der Waals surface area contributed by atoms with Gasteiger partial charge in [0.1, 0.15) is 0 Å². The van der Waals surface area contributed by atoms with Gasteiger partial charge in [0.15, 0.2) is 0 Å². The lowest BCUT2D eigenvalue weighted by Gasteiger charge is -2.32. The van der Waals surface area contributed by atoms with Gasteiger partial charge in [0.05, 0.1) is 11.2 Å². The zero-order valence-electron chi connectivity index (χ0n) is 17.4. The van der Waals surface area contributed by atoms with E-state index < -0.39 is 18.3 Å². The molecule has 0 aliphatic carbocycles. The van der Waals surface area contributed by atoms with Crippen molar-refractivity contribution in [2.24, 2.45) is 0 Å². The first-order chi connectivity index (χ1) is 13.6. The number of nitrogen functional groups attached to an aromatic ring is 2. The van der Waals surface area contributed by atoms with Gasteiger partial charge in [-0.15, -0.1) is 0 Å². The Labute approximate surface area is 173 Å². The summed E-state index contributed by atoms with van der Waals surface area (Å²) in [6.07, 6.45) is 0. The molecular weight excluding hydrogens is 359 g/mol. The second kappa shape index (κ2) is 6.94. The lowest BCUT2D eigenvalue weighted by atomic mass is 9.76. The smallest absolute Gasteiger partial charge is 0.399 e. The predicted octanol–water partition coefficient (Wildman–Crippen LogP) is 4.48. The third-order valence-corrected chi connectivity index (χ3v) is 5.97. The van der Waals surface area contributed by atoms with Crippen LogP contribution in [-0.2, 0) is 9.31 Å². The van der Waals surface area contributed by atoms with E-state index in [0.29, 0.717) is 0 Å². The van der Waals surface area contributed by atoms with E-state index in [0.717, 1.165) is 39.1 Å². The number of nitrogens with two attached hydrogens (primary N) is 2. The minimum atomic E-state index is -0.429. The Kier molecular flexibility index (Phi) is 4.68. The zero-order chi connectivity index (χ0) is 20.8. The monoisotopic (exact) mass is 386 g/mol. The second-order valence-electron chi connectivity index (χ2n) is 8.68. The van der Waals surface area contributed by atoms with Crippen molar-refractivity contribution < 1.29 is 9.31 Å². The van der Waals surface area contributed by atoms with Gasteiger partial charge in [0, 0.05) is 11.4 Å². The predicted molar refractivity (Wildman–Crippen MR) is 122 cm³/mol. The maximum atomic E-state index is 6.31. The van der Waals surface area contributed by atoms with Crippen molar-refractivity contribution in [3.05, 3.63) is 66.7 Å². The first-order valence-corrected chi connectivity index (χ1v) is 9.87. The Morgan fingerprint density at radius 1 is 0.586 bits per heavy atom. The zero-order valence-corrected chi connectivity index (χ0v) is 17.4. The van der Waals surface area contributed by atoms with Crippen LogP contribution in [0.5, 0.6) is 0 Å². The summed E-state index contributed by atoms with van der Waals surface area (Å²) in [6, 6.07) is 22.2. The maximum Gasteiger partial charge on any atom is 0.494 e. The average Bonchev–Trinajstić information content (AvgIpc) is 2.90. The van der Waals surface area contributed by atoms with Gasteiger partial charge in [-0.3, -0.25) is 0 Å². The molecule has 4 nitrogen and oxygen atoms in total. The van der Waals surface area contributed by atoms with Crippen LogP contribution in [-0.4, -0.2) is 18.3 Å². The topological polar surface area (TPSA) is 70.5 Å². The summed E-state index contributed by atoms with van der Waals surface area (Å²) in [5.41, 5.74) is 17.8. The molecule has 0 unspecified atom stereocenters. The number of hydrogen-bond donors (Lipinski definition) is 2. The minimum absolute atomic E-state index is 0.393. The van der Waals surface area contributed by atoms with E-state index in [4.69, 9.17) is 20.8 Å². The van der Waals surface area contributed by atoms with E-state index in [2.05, 4.69) is 45.9 Å². The van der Waals surface area contributed by atoms with Crippen molar-refractivity contribution in [3.8, 4) is 22.3 Å². The summed E-state index contributed by atoms with van der Waals surface area (Å²) < 4.78 is 12.6. The quantitative estimate of drug-likeness (QED) is 0.514. The molecule has 0 aromatic heterocycles. The molecule has 1 aliphatic heterocycles. The molecule has 3 aromatic rings. The van der Waals surface area contributed by atoms with Crippen LogP contribution < -0.4 is 16.9 Å². The first-order valence-electron chi connectivity index (χ1n) is 9.87. The summed E-state index contributed by atoms with van der Waals surface area (Å²) in [5.74, 6) is 0. The molecule has 0 saturated carbocycles. The number of rotatable bonds is 3. The molecule has 0 spiro atoms. The highest BCUT2D eigenvalue weighted by Gasteiger charge is 2.51. The third kappa shape index (κ3) is 3.76. The summed E-state index contributed by atoms with van der Waals surface area (Å²) in [6.45, 7) is 8.27. The van der Waals surface area contributed by atoms with E-state index in [1.165, 1.54) is 0 Å². The fourth-order valence-electron chi connectivity index (χ4n) is 3.45. The van der Waals surface area contributed by atoms with Crippen LogP contribution >= 0.6 is 0 Å². The van der Waals surface area contributed by atoms with Gasteiger partial charge in [-0.2, -0.15) is 0 Å². The SMILES string of the molecule is CC1(C)OB(c2cc(-c3ccc(N)cc3)cc(-c3ccc(N)cc3)c2)OC1(C)C. The molecule has 1 fully saturated rings. The summed E-state index contributed by atoms with van der Waals surface area (Å²) in [5, 5.41) is 0. The molecule has 0 atom stereocenters. The number of benzene rings is 3. The Bertz CT molecular complexity index is 948. The van der Waals surface area contributed by atoms with Gasteiger partial charge in [-0.1, -0.05) is 36.4 Å². The van der Waals surface area contributed by atoms with Crippen LogP contribution in [0, 0.1) is 0 Å². The Morgan fingerprint density at radius 2 is 0.966 bits per heavy atom. The van der Waals surface area contributed by atoms with E-state index in [1.807, 2.05) is 48.5 Å². The highest BCUT2D eigenvalue weighted by molar-refractivity contribution is 6.62. The molecule has 1 aliphatic rings. The van der Waals surface area contributed by atoms with Crippen LogP contribution in [0.4, 0.5) is 11.4 Å². The summed E-state index contributed by atoms with van der Waals surface area (Å²) in [4.78, 5) is 0. The van der Waals surface area contributed by atoms with Crippen molar-refractivity contribution in [2.45, 2.75) is 38.9 Å². The molecule has 29 heavy (non-hydrogen) atoms. The van der Waals surface area contributed by atoms with Crippen LogP contribution in [0.15, 0.2) is 66.7 Å². The highest BCUT2D eigenvalue weighted by Crippen LogP contribution is 2.37. The molecule has 4 rings (SSSR count). The molecule has 0 amide bonds. The van der Waals surface area contributed by atoms with Crippen LogP contribution in [0.3, 0.4) is 0 Å². The van der Waals surface area contributed by atoms with Crippen LogP contribution in [0.1, 0.15) is 27.7 Å². The third-order valence-electron chi connectivity index (χ3n) is 5.97. The molecule has 3 aromatic carbocycles. The number of anilines is 2. The molecule has 5 heteroatoms. The molecule has 0 radical (unpaired) electrons. The van der Waals surface area contributed by atoms with Gasteiger partial charge >= 0.3 is 7.12 Å². The second-order valence-corrected chi connectivity index (χ2v) is 8.68. The highest BCUT2D eigenvalue weighted by atomic mass is 16.7. The molecule has 1 heterocycles. The van der Waals surface area contributed by atoms with Crippen molar-refractivity contribution >= 4 is 24.0 Å². The van der Waals surface area contributed by atoms with Crippen molar-refractivity contribution in [1.29, 1.82) is 0 Å². The maximum absolute atomic E-state index is 6.31. The van der Waals surface area contributed by atoms with Crippen LogP contribution in [0.25, 0.3) is 22.3 Å². The minimum Gasteiger partial charge on any atom is -0.399 e. The molecule has 4 N–H and O–H groups in total. The molecule has 148 valence electrons. The van der Waals surface area contributed by atoms with E-state index >= 15 is 0 Å².